The van der Waals surface area contributed by atoms with E-state index in [-0.39, 0.29) is 17.5 Å². The van der Waals surface area contributed by atoms with Crippen LogP contribution in [0.4, 0.5) is 4.39 Å². The van der Waals surface area contributed by atoms with E-state index in [1.54, 1.807) is 0 Å². The van der Waals surface area contributed by atoms with Crippen molar-refractivity contribution in [1.82, 2.24) is 20.1 Å². The molecule has 1 amide bonds. The Bertz CT molecular complexity index is 1010. The number of H-pyrrole nitrogens is 1. The third kappa shape index (κ3) is 3.45. The van der Waals surface area contributed by atoms with Crippen molar-refractivity contribution >= 4 is 16.8 Å². The summed E-state index contributed by atoms with van der Waals surface area (Å²) >= 11 is 0. The highest BCUT2D eigenvalue weighted by molar-refractivity contribution is 6.05. The van der Waals surface area contributed by atoms with Crippen LogP contribution in [0.1, 0.15) is 34.7 Å². The van der Waals surface area contributed by atoms with Crippen LogP contribution >= 0.6 is 0 Å². The van der Waals surface area contributed by atoms with Gasteiger partial charge in [-0.15, -0.1) is 0 Å². The van der Waals surface area contributed by atoms with Gasteiger partial charge in [0.25, 0.3) is 5.91 Å². The SMILES string of the molecule is Cc1cc(C)n([C@H](C)CNC(=O)c2cc(=O)[nH]c3cc(F)ccc23)n1. The van der Waals surface area contributed by atoms with Gasteiger partial charge in [0.05, 0.1) is 22.8 Å². The predicted octanol–water partition coefficient (Wildman–Crippen LogP) is 2.47. The number of benzene rings is 1. The molecular formula is C18H19FN4O2. The average Bonchev–Trinajstić information content (AvgIpc) is 2.89. The normalized spacial score (nSPS) is 12.3. The van der Waals surface area contributed by atoms with Gasteiger partial charge in [-0.1, -0.05) is 0 Å². The molecule has 25 heavy (non-hydrogen) atoms. The van der Waals surface area contributed by atoms with Crippen LogP contribution in [-0.4, -0.2) is 27.2 Å². The molecule has 0 bridgehead atoms. The maximum absolute atomic E-state index is 13.4. The Hall–Kier alpha value is -2.96. The number of hydrogen-bond acceptors (Lipinski definition) is 3. The number of aromatic nitrogens is 3. The van der Waals surface area contributed by atoms with Crippen molar-refractivity contribution in [2.75, 3.05) is 6.54 Å². The molecule has 3 aromatic rings. The van der Waals surface area contributed by atoms with E-state index in [0.29, 0.717) is 17.4 Å². The number of nitrogens with one attached hydrogen (secondary N) is 2. The van der Waals surface area contributed by atoms with E-state index in [0.717, 1.165) is 11.4 Å². The number of nitrogens with zero attached hydrogens (tertiary/aromatic N) is 2. The third-order valence-electron chi connectivity index (χ3n) is 4.07. The van der Waals surface area contributed by atoms with Gasteiger partial charge in [0.2, 0.25) is 5.56 Å². The molecule has 6 nitrogen and oxygen atoms in total. The van der Waals surface area contributed by atoms with Gasteiger partial charge < -0.3 is 10.3 Å². The Balaban J connectivity index is 1.83. The molecule has 2 aromatic heterocycles. The Morgan fingerprint density at radius 1 is 1.32 bits per heavy atom. The Labute approximate surface area is 143 Å². The molecule has 0 saturated heterocycles. The zero-order valence-corrected chi connectivity index (χ0v) is 14.3. The summed E-state index contributed by atoms with van der Waals surface area (Å²) < 4.78 is 15.2. The number of rotatable bonds is 4. The van der Waals surface area contributed by atoms with Gasteiger partial charge in [-0.3, -0.25) is 14.3 Å². The van der Waals surface area contributed by atoms with E-state index in [2.05, 4.69) is 15.4 Å². The summed E-state index contributed by atoms with van der Waals surface area (Å²) in [6.45, 7) is 6.18. The fraction of sp³-hybridized carbons (Fsp3) is 0.278. The summed E-state index contributed by atoms with van der Waals surface area (Å²) in [5, 5.41) is 7.72. The summed E-state index contributed by atoms with van der Waals surface area (Å²) in [4.78, 5) is 26.8. The van der Waals surface area contributed by atoms with Crippen molar-refractivity contribution in [2.24, 2.45) is 0 Å². The molecule has 0 aliphatic heterocycles. The van der Waals surface area contributed by atoms with E-state index in [1.165, 1.54) is 24.3 Å². The summed E-state index contributed by atoms with van der Waals surface area (Å²) in [7, 11) is 0. The molecule has 0 spiro atoms. The first-order valence-corrected chi connectivity index (χ1v) is 7.98. The third-order valence-corrected chi connectivity index (χ3v) is 4.07. The van der Waals surface area contributed by atoms with Gasteiger partial charge in [0, 0.05) is 23.7 Å². The maximum atomic E-state index is 13.4. The zero-order chi connectivity index (χ0) is 18.1. The Morgan fingerprint density at radius 3 is 2.76 bits per heavy atom. The fourth-order valence-corrected chi connectivity index (χ4v) is 2.93. The van der Waals surface area contributed by atoms with Crippen LogP contribution in [0.25, 0.3) is 10.9 Å². The minimum absolute atomic E-state index is 0.0386. The van der Waals surface area contributed by atoms with Crippen LogP contribution in [0, 0.1) is 19.7 Å². The van der Waals surface area contributed by atoms with Gasteiger partial charge in [-0.05, 0) is 45.0 Å². The topological polar surface area (TPSA) is 79.8 Å². The summed E-state index contributed by atoms with van der Waals surface area (Å²) in [5.74, 6) is -0.852. The molecule has 130 valence electrons. The lowest BCUT2D eigenvalue weighted by Crippen LogP contribution is -2.31. The number of aryl methyl sites for hydroxylation is 2. The summed E-state index contributed by atoms with van der Waals surface area (Å²) in [6, 6.07) is 7.10. The molecule has 0 fully saturated rings. The van der Waals surface area contributed by atoms with Gasteiger partial charge in [-0.25, -0.2) is 4.39 Å². The van der Waals surface area contributed by atoms with Crippen molar-refractivity contribution in [2.45, 2.75) is 26.8 Å². The average molecular weight is 342 g/mol. The number of hydrogen-bond donors (Lipinski definition) is 2. The van der Waals surface area contributed by atoms with Crippen LogP contribution in [-0.2, 0) is 0 Å². The highest BCUT2D eigenvalue weighted by Gasteiger charge is 2.15. The van der Waals surface area contributed by atoms with Crippen molar-refractivity contribution in [3.63, 3.8) is 0 Å². The second kappa shape index (κ2) is 6.51. The van der Waals surface area contributed by atoms with Crippen LogP contribution < -0.4 is 10.9 Å². The predicted molar refractivity (Wildman–Crippen MR) is 93.3 cm³/mol. The van der Waals surface area contributed by atoms with E-state index < -0.39 is 11.4 Å². The number of fused-ring (bicyclic) bond motifs is 1. The monoisotopic (exact) mass is 342 g/mol. The highest BCUT2D eigenvalue weighted by Crippen LogP contribution is 2.17. The van der Waals surface area contributed by atoms with Gasteiger partial charge in [0.15, 0.2) is 0 Å². The van der Waals surface area contributed by atoms with Gasteiger partial charge in [0.1, 0.15) is 5.82 Å². The molecule has 0 aliphatic carbocycles. The van der Waals surface area contributed by atoms with Crippen LogP contribution in [0.15, 0.2) is 35.1 Å². The molecule has 7 heteroatoms. The van der Waals surface area contributed by atoms with Crippen LogP contribution in [0.2, 0.25) is 0 Å². The number of carbonyl (C=O) groups is 1. The highest BCUT2D eigenvalue weighted by atomic mass is 19.1. The quantitative estimate of drug-likeness (QED) is 0.764. The van der Waals surface area contributed by atoms with Crippen molar-refractivity contribution in [1.29, 1.82) is 0 Å². The second-order valence-electron chi connectivity index (χ2n) is 6.17. The molecule has 0 aliphatic rings. The van der Waals surface area contributed by atoms with Crippen molar-refractivity contribution in [3.05, 3.63) is 63.5 Å². The van der Waals surface area contributed by atoms with Crippen LogP contribution in [0.3, 0.4) is 0 Å². The Kier molecular flexibility index (Phi) is 4.39. The van der Waals surface area contributed by atoms with E-state index in [4.69, 9.17) is 0 Å². The van der Waals surface area contributed by atoms with Gasteiger partial charge >= 0.3 is 0 Å². The molecule has 2 N–H and O–H groups in total. The zero-order valence-electron chi connectivity index (χ0n) is 14.3. The molecule has 2 heterocycles. The van der Waals surface area contributed by atoms with E-state index in [9.17, 15) is 14.0 Å². The number of amides is 1. The lowest BCUT2D eigenvalue weighted by atomic mass is 10.1. The largest absolute Gasteiger partial charge is 0.350 e. The lowest BCUT2D eigenvalue weighted by Gasteiger charge is -2.15. The van der Waals surface area contributed by atoms with Crippen LogP contribution in [0.5, 0.6) is 0 Å². The molecule has 1 aromatic carbocycles. The molecule has 0 radical (unpaired) electrons. The Morgan fingerprint density at radius 2 is 2.08 bits per heavy atom. The molecule has 0 unspecified atom stereocenters. The smallest absolute Gasteiger partial charge is 0.252 e. The first-order chi connectivity index (χ1) is 11.8. The van der Waals surface area contributed by atoms with Crippen molar-refractivity contribution in [3.8, 4) is 0 Å². The van der Waals surface area contributed by atoms with E-state index >= 15 is 0 Å². The number of pyridine rings is 1. The molecule has 3 rings (SSSR count). The number of carbonyl (C=O) groups excluding carboxylic acids is 1. The molecule has 0 saturated carbocycles. The van der Waals surface area contributed by atoms with Gasteiger partial charge in [-0.2, -0.15) is 5.10 Å². The number of halogens is 1. The maximum Gasteiger partial charge on any atom is 0.252 e. The number of aromatic amines is 1. The second-order valence-corrected chi connectivity index (χ2v) is 6.17. The molecular weight excluding hydrogens is 323 g/mol. The first kappa shape index (κ1) is 16.9. The first-order valence-electron chi connectivity index (χ1n) is 7.98. The lowest BCUT2D eigenvalue weighted by molar-refractivity contribution is 0.0949. The van der Waals surface area contributed by atoms with Crippen molar-refractivity contribution < 1.29 is 9.18 Å². The standard InChI is InChI=1S/C18H19FN4O2/c1-10-6-11(2)23(22-10)12(3)9-20-18(25)15-8-17(24)21-16-7-13(19)4-5-14(15)16/h4-8,12H,9H2,1-3H3,(H,20,25)(H,21,24)/t12-/m1/s1. The molecule has 1 atom stereocenters. The minimum Gasteiger partial charge on any atom is -0.350 e. The minimum atomic E-state index is -0.473. The fourth-order valence-electron chi connectivity index (χ4n) is 2.93. The summed E-state index contributed by atoms with van der Waals surface area (Å²) in [5.41, 5.74) is 1.99. The van der Waals surface area contributed by atoms with E-state index in [1.807, 2.05) is 31.5 Å². The summed E-state index contributed by atoms with van der Waals surface area (Å²) in [6.07, 6.45) is 0.